The number of likely N-dealkylation sites (tertiary alicyclic amines) is 1. The molecule has 1 heterocycles. The Morgan fingerprint density at radius 2 is 1.83 bits per heavy atom. The predicted octanol–water partition coefficient (Wildman–Crippen LogP) is 2.42. The number of ether oxygens (including phenoxy) is 2. The van der Waals surface area contributed by atoms with Gasteiger partial charge in [0.1, 0.15) is 11.5 Å². The molecule has 0 unspecified atom stereocenters. The van der Waals surface area contributed by atoms with Gasteiger partial charge < -0.3 is 19.5 Å². The van der Waals surface area contributed by atoms with Gasteiger partial charge in [-0.1, -0.05) is 0 Å². The van der Waals surface area contributed by atoms with Gasteiger partial charge in [0.2, 0.25) is 0 Å². The van der Waals surface area contributed by atoms with Crippen molar-refractivity contribution in [3.05, 3.63) is 23.8 Å². The Morgan fingerprint density at radius 3 is 2.39 bits per heavy atom. The van der Waals surface area contributed by atoms with Crippen LogP contribution in [0.1, 0.15) is 37.0 Å². The number of hydrogen-bond acceptors (Lipinski definition) is 4. The number of nitrogens with zero attached hydrogens (tertiary/aromatic N) is 1. The zero-order valence-electron chi connectivity index (χ0n) is 13.6. The number of piperidine rings is 1. The summed E-state index contributed by atoms with van der Waals surface area (Å²) >= 11 is 0. The van der Waals surface area contributed by atoms with Crippen molar-refractivity contribution in [1.82, 2.24) is 4.90 Å². The molecule has 1 amide bonds. The Bertz CT molecular complexity index is 564. The molecule has 0 aliphatic carbocycles. The monoisotopic (exact) mass is 321 g/mol. The molecule has 1 aliphatic rings. The van der Waals surface area contributed by atoms with Gasteiger partial charge in [0.05, 0.1) is 24.7 Å². The van der Waals surface area contributed by atoms with Crippen molar-refractivity contribution in [3.63, 3.8) is 0 Å². The van der Waals surface area contributed by atoms with Gasteiger partial charge in [0.25, 0.3) is 5.91 Å². The summed E-state index contributed by atoms with van der Waals surface area (Å²) < 4.78 is 11.0. The number of rotatable bonds is 6. The second kappa shape index (κ2) is 7.85. The standard InChI is InChI=1S/C17H23NO5/c1-3-22-13-5-6-14(15(11-13)23-4-2)16(19)18-9-7-12(8-10-18)17(20)21/h5-6,11-12H,3-4,7-10H2,1-2H3,(H,20,21). The fourth-order valence-electron chi connectivity index (χ4n) is 2.71. The molecule has 0 bridgehead atoms. The average molecular weight is 321 g/mol. The normalized spacial score (nSPS) is 15.3. The fourth-order valence-corrected chi connectivity index (χ4v) is 2.71. The first-order chi connectivity index (χ1) is 11.1. The Labute approximate surface area is 136 Å². The summed E-state index contributed by atoms with van der Waals surface area (Å²) in [7, 11) is 0. The van der Waals surface area contributed by atoms with Gasteiger partial charge in [0, 0.05) is 19.2 Å². The van der Waals surface area contributed by atoms with Crippen molar-refractivity contribution in [3.8, 4) is 11.5 Å². The molecule has 0 aromatic heterocycles. The number of carbonyl (C=O) groups is 2. The largest absolute Gasteiger partial charge is 0.494 e. The Hall–Kier alpha value is -2.24. The first-order valence-electron chi connectivity index (χ1n) is 7.98. The van der Waals surface area contributed by atoms with Crippen molar-refractivity contribution >= 4 is 11.9 Å². The summed E-state index contributed by atoms with van der Waals surface area (Å²) in [5.41, 5.74) is 0.490. The van der Waals surface area contributed by atoms with E-state index < -0.39 is 5.97 Å². The second-order valence-electron chi connectivity index (χ2n) is 5.43. The summed E-state index contributed by atoms with van der Waals surface area (Å²) in [6.07, 6.45) is 0.976. The van der Waals surface area contributed by atoms with Crippen LogP contribution < -0.4 is 9.47 Å². The van der Waals surface area contributed by atoms with Crippen LogP contribution in [0.2, 0.25) is 0 Å². The van der Waals surface area contributed by atoms with Gasteiger partial charge in [-0.05, 0) is 38.8 Å². The molecular formula is C17H23NO5. The fraction of sp³-hybridized carbons (Fsp3) is 0.529. The molecule has 0 atom stereocenters. The van der Waals surface area contributed by atoms with E-state index in [0.717, 1.165) is 0 Å². The molecule has 0 radical (unpaired) electrons. The molecule has 2 rings (SSSR count). The number of carboxylic acid groups (broad SMARTS) is 1. The third kappa shape index (κ3) is 4.15. The minimum atomic E-state index is -0.784. The van der Waals surface area contributed by atoms with Crippen LogP contribution in [0.15, 0.2) is 18.2 Å². The predicted molar refractivity (Wildman–Crippen MR) is 85.0 cm³/mol. The lowest BCUT2D eigenvalue weighted by atomic mass is 9.96. The van der Waals surface area contributed by atoms with Crippen molar-refractivity contribution < 1.29 is 24.2 Å². The highest BCUT2D eigenvalue weighted by atomic mass is 16.5. The summed E-state index contributed by atoms with van der Waals surface area (Å²) in [6.45, 7) is 5.66. The topological polar surface area (TPSA) is 76.1 Å². The number of benzene rings is 1. The summed E-state index contributed by atoms with van der Waals surface area (Å²) in [5.74, 6) is -0.0971. The maximum atomic E-state index is 12.7. The van der Waals surface area contributed by atoms with E-state index in [9.17, 15) is 9.59 Å². The summed E-state index contributed by atoms with van der Waals surface area (Å²) in [5, 5.41) is 9.04. The van der Waals surface area contributed by atoms with Crippen LogP contribution in [-0.4, -0.2) is 48.2 Å². The van der Waals surface area contributed by atoms with Gasteiger partial charge in [-0.15, -0.1) is 0 Å². The average Bonchev–Trinajstić information content (AvgIpc) is 2.55. The van der Waals surface area contributed by atoms with E-state index in [4.69, 9.17) is 14.6 Å². The van der Waals surface area contributed by atoms with Crippen molar-refractivity contribution in [2.24, 2.45) is 5.92 Å². The number of aliphatic carboxylic acids is 1. The van der Waals surface area contributed by atoms with Crippen molar-refractivity contribution in [2.75, 3.05) is 26.3 Å². The molecule has 1 saturated heterocycles. The van der Waals surface area contributed by atoms with E-state index >= 15 is 0 Å². The van der Waals surface area contributed by atoms with E-state index in [-0.39, 0.29) is 11.8 Å². The maximum Gasteiger partial charge on any atom is 0.306 e. The van der Waals surface area contributed by atoms with E-state index in [0.29, 0.717) is 56.2 Å². The highest BCUT2D eigenvalue weighted by Gasteiger charge is 2.28. The van der Waals surface area contributed by atoms with Gasteiger partial charge in [-0.3, -0.25) is 9.59 Å². The number of hydrogen-bond donors (Lipinski definition) is 1. The smallest absolute Gasteiger partial charge is 0.306 e. The molecule has 0 saturated carbocycles. The first kappa shape index (κ1) is 17.1. The molecule has 6 heteroatoms. The van der Waals surface area contributed by atoms with Crippen LogP contribution in [0.4, 0.5) is 0 Å². The number of amides is 1. The van der Waals surface area contributed by atoms with E-state index in [2.05, 4.69) is 0 Å². The summed E-state index contributed by atoms with van der Waals surface area (Å²) in [6, 6.07) is 5.19. The summed E-state index contributed by atoms with van der Waals surface area (Å²) in [4.78, 5) is 25.4. The van der Waals surface area contributed by atoms with Crippen LogP contribution in [0.5, 0.6) is 11.5 Å². The van der Waals surface area contributed by atoms with Gasteiger partial charge in [-0.2, -0.15) is 0 Å². The second-order valence-corrected chi connectivity index (χ2v) is 5.43. The molecule has 1 aromatic rings. The van der Waals surface area contributed by atoms with Gasteiger partial charge in [0.15, 0.2) is 0 Å². The molecule has 1 N–H and O–H groups in total. The third-order valence-corrected chi connectivity index (χ3v) is 3.93. The molecule has 6 nitrogen and oxygen atoms in total. The molecule has 1 aromatic carbocycles. The molecular weight excluding hydrogens is 298 g/mol. The SMILES string of the molecule is CCOc1ccc(C(=O)N2CCC(C(=O)O)CC2)c(OCC)c1. The lowest BCUT2D eigenvalue weighted by Crippen LogP contribution is -2.40. The minimum absolute atomic E-state index is 0.125. The van der Waals surface area contributed by atoms with Crippen molar-refractivity contribution in [2.45, 2.75) is 26.7 Å². The Kier molecular flexibility index (Phi) is 5.84. The number of carboxylic acids is 1. The zero-order valence-corrected chi connectivity index (χ0v) is 13.6. The third-order valence-electron chi connectivity index (χ3n) is 3.93. The Balaban J connectivity index is 2.13. The maximum absolute atomic E-state index is 12.7. The molecule has 23 heavy (non-hydrogen) atoms. The van der Waals surface area contributed by atoms with Crippen LogP contribution >= 0.6 is 0 Å². The highest BCUT2D eigenvalue weighted by molar-refractivity contribution is 5.97. The van der Waals surface area contributed by atoms with Crippen molar-refractivity contribution in [1.29, 1.82) is 0 Å². The highest BCUT2D eigenvalue weighted by Crippen LogP contribution is 2.28. The molecule has 1 aliphatic heterocycles. The molecule has 0 spiro atoms. The van der Waals surface area contributed by atoms with Crippen LogP contribution in [0, 0.1) is 5.92 Å². The molecule has 1 fully saturated rings. The quantitative estimate of drug-likeness (QED) is 0.871. The van der Waals surface area contributed by atoms with Crippen LogP contribution in [-0.2, 0) is 4.79 Å². The zero-order chi connectivity index (χ0) is 16.8. The minimum Gasteiger partial charge on any atom is -0.494 e. The van der Waals surface area contributed by atoms with Crippen LogP contribution in [0.25, 0.3) is 0 Å². The van der Waals surface area contributed by atoms with E-state index in [1.54, 1.807) is 23.1 Å². The first-order valence-corrected chi connectivity index (χ1v) is 7.98. The lowest BCUT2D eigenvalue weighted by Gasteiger charge is -2.30. The van der Waals surface area contributed by atoms with Gasteiger partial charge in [-0.25, -0.2) is 0 Å². The van der Waals surface area contributed by atoms with E-state index in [1.807, 2.05) is 13.8 Å². The Morgan fingerprint density at radius 1 is 1.17 bits per heavy atom. The van der Waals surface area contributed by atoms with E-state index in [1.165, 1.54) is 0 Å². The lowest BCUT2D eigenvalue weighted by molar-refractivity contribution is -0.143. The van der Waals surface area contributed by atoms with Gasteiger partial charge >= 0.3 is 5.97 Å². The van der Waals surface area contributed by atoms with Crippen LogP contribution in [0.3, 0.4) is 0 Å². The molecule has 126 valence electrons. The number of carbonyl (C=O) groups excluding carboxylic acids is 1.